The molecule has 3 N–H and O–H groups in total. The number of hydrogen-bond donors (Lipinski definition) is 3. The number of phosphoric ester groups is 1. The molecular weight excluding hydrogens is 451 g/mol. The second-order valence-electron chi connectivity index (χ2n) is 8.43. The number of nitrogens with zero attached hydrogens (tertiary/aromatic N) is 2. The molecule has 0 bridgehead atoms. The van der Waals surface area contributed by atoms with E-state index < -0.39 is 57.0 Å². The minimum Gasteiger partial charge on any atom is -0.790 e. The number of aliphatic hydroxyl groups excluding tert-OH is 2. The van der Waals surface area contributed by atoms with Crippen molar-refractivity contribution in [3.05, 3.63) is 30.1 Å². The van der Waals surface area contributed by atoms with E-state index in [1.165, 1.54) is 29.1 Å². The Labute approximate surface area is 184 Å². The summed E-state index contributed by atoms with van der Waals surface area (Å²) in [4.78, 5) is 45.0. The van der Waals surface area contributed by atoms with Gasteiger partial charge in [-0.25, -0.2) is 4.79 Å². The summed E-state index contributed by atoms with van der Waals surface area (Å²) in [6.45, 7) is -0.532. The first-order valence-corrected chi connectivity index (χ1v) is 11.0. The van der Waals surface area contributed by atoms with Crippen molar-refractivity contribution in [2.75, 3.05) is 34.3 Å². The van der Waals surface area contributed by atoms with Crippen LogP contribution in [-0.2, 0) is 23.4 Å². The van der Waals surface area contributed by atoms with Gasteiger partial charge in [0, 0.05) is 6.07 Å². The van der Waals surface area contributed by atoms with E-state index in [0.29, 0.717) is 4.48 Å². The average molecular weight is 478 g/mol. The van der Waals surface area contributed by atoms with Gasteiger partial charge < -0.3 is 48.2 Å². The molecule has 5 atom stereocenters. The quantitative estimate of drug-likeness (QED) is 0.136. The fourth-order valence-electron chi connectivity index (χ4n) is 3.22. The second kappa shape index (κ2) is 10.3. The Morgan fingerprint density at radius 2 is 1.94 bits per heavy atom. The van der Waals surface area contributed by atoms with Gasteiger partial charge in [0.1, 0.15) is 24.3 Å². The lowest BCUT2D eigenvalue weighted by Gasteiger charge is -2.30. The van der Waals surface area contributed by atoms with Gasteiger partial charge in [0.15, 0.2) is 24.6 Å². The number of ether oxygens (including phenoxy) is 2. The maximum Gasteiger partial charge on any atom is 0.344 e. The smallest absolute Gasteiger partial charge is 0.344 e. The van der Waals surface area contributed by atoms with Crippen molar-refractivity contribution >= 4 is 19.8 Å². The largest absolute Gasteiger partial charge is 0.790 e. The molecule has 1 aliphatic heterocycles. The Bertz CT molecular complexity index is 869. The maximum atomic E-state index is 12.6. The first-order chi connectivity index (χ1) is 14.7. The third-order valence-electron chi connectivity index (χ3n) is 4.51. The molecule has 13 nitrogen and oxygen atoms in total. The Hall–Kier alpha value is -1.96. The topological polar surface area (TPSA) is 190 Å². The number of carboxylic acids is 1. The number of carboxylic acid groups (broad SMARTS) is 1. The van der Waals surface area contributed by atoms with E-state index in [-0.39, 0.29) is 18.5 Å². The van der Waals surface area contributed by atoms with Gasteiger partial charge in [-0.05, 0) is 6.07 Å². The van der Waals surface area contributed by atoms with E-state index in [4.69, 9.17) is 14.6 Å². The van der Waals surface area contributed by atoms with Crippen LogP contribution in [0.25, 0.3) is 0 Å². The van der Waals surface area contributed by atoms with E-state index in [1.54, 1.807) is 0 Å². The van der Waals surface area contributed by atoms with Crippen LogP contribution in [0.4, 0.5) is 0 Å². The van der Waals surface area contributed by atoms with Crippen LogP contribution >= 0.6 is 7.82 Å². The van der Waals surface area contributed by atoms with Gasteiger partial charge in [0.2, 0.25) is 0 Å². The summed E-state index contributed by atoms with van der Waals surface area (Å²) in [7, 11) is 0.164. The van der Waals surface area contributed by atoms with Crippen LogP contribution in [0, 0.1) is 0 Å². The van der Waals surface area contributed by atoms with Crippen LogP contribution in [-0.4, -0.2) is 90.5 Å². The van der Waals surface area contributed by atoms with E-state index >= 15 is 0 Å². The van der Waals surface area contributed by atoms with Crippen molar-refractivity contribution in [1.82, 2.24) is 0 Å². The third-order valence-corrected chi connectivity index (χ3v) is 4.98. The number of carbonyl (C=O) groups excluding carboxylic acids is 1. The van der Waals surface area contributed by atoms with E-state index in [1.807, 2.05) is 21.1 Å². The molecule has 1 aliphatic rings. The molecule has 0 spiro atoms. The molecule has 180 valence electrons. The highest BCUT2D eigenvalue weighted by molar-refractivity contribution is 7.43. The number of carbonyl (C=O) groups is 2. The highest BCUT2D eigenvalue weighted by Crippen LogP contribution is 2.30. The maximum absolute atomic E-state index is 12.6. The van der Waals surface area contributed by atoms with Crippen molar-refractivity contribution in [3.8, 4) is 0 Å². The average Bonchev–Trinajstić information content (AvgIpc) is 2.92. The molecule has 0 saturated carbocycles. The minimum atomic E-state index is -5.30. The molecule has 0 amide bonds. The Morgan fingerprint density at radius 3 is 2.50 bits per heavy atom. The molecule has 0 aliphatic carbocycles. The van der Waals surface area contributed by atoms with Crippen LogP contribution in [0.3, 0.4) is 0 Å². The number of rotatable bonds is 10. The zero-order chi connectivity index (χ0) is 24.3. The number of phosphoric acid groups is 1. The van der Waals surface area contributed by atoms with Gasteiger partial charge in [0.25, 0.3) is 6.23 Å². The molecule has 1 aromatic heterocycles. The zero-order valence-corrected chi connectivity index (χ0v) is 18.7. The van der Waals surface area contributed by atoms with Crippen molar-refractivity contribution < 1.29 is 62.3 Å². The molecule has 0 aromatic carbocycles. The minimum absolute atomic E-state index is 0.0258. The van der Waals surface area contributed by atoms with Crippen molar-refractivity contribution in [1.29, 1.82) is 0 Å². The van der Waals surface area contributed by atoms with Crippen molar-refractivity contribution in [2.45, 2.75) is 37.1 Å². The van der Waals surface area contributed by atoms with Gasteiger partial charge in [-0.1, -0.05) is 0 Å². The van der Waals surface area contributed by atoms with E-state index in [2.05, 4.69) is 4.52 Å². The van der Waals surface area contributed by atoms with Crippen LogP contribution in [0.2, 0.25) is 0 Å². The molecular formula is C18H27N2O11P. The predicted molar refractivity (Wildman–Crippen MR) is 100 cm³/mol. The van der Waals surface area contributed by atoms with E-state index in [9.17, 15) is 34.2 Å². The number of likely N-dealkylation sites (N-methyl/N-ethyl adjacent to an activating group) is 1. The zero-order valence-electron chi connectivity index (χ0n) is 17.8. The van der Waals surface area contributed by atoms with Crippen LogP contribution in [0.1, 0.15) is 23.0 Å². The molecule has 1 saturated heterocycles. The summed E-state index contributed by atoms with van der Waals surface area (Å²) in [5.74, 6) is -1.92. The second-order valence-corrected chi connectivity index (χ2v) is 9.58. The van der Waals surface area contributed by atoms with Crippen LogP contribution in [0.15, 0.2) is 24.5 Å². The number of aromatic nitrogens is 1. The Morgan fingerprint density at radius 1 is 1.28 bits per heavy atom. The van der Waals surface area contributed by atoms with Gasteiger partial charge in [0.05, 0.1) is 42.0 Å². The number of esters is 1. The molecule has 1 fully saturated rings. The summed E-state index contributed by atoms with van der Waals surface area (Å²) in [6, 6.07) is 2.85. The summed E-state index contributed by atoms with van der Waals surface area (Å²) in [5.41, 5.74) is 0.0258. The summed E-state index contributed by atoms with van der Waals surface area (Å²) < 4.78 is 27.1. The summed E-state index contributed by atoms with van der Waals surface area (Å²) in [6.07, 6.45) is -4.18. The summed E-state index contributed by atoms with van der Waals surface area (Å²) >= 11 is 0. The Balaban J connectivity index is 2.14. The van der Waals surface area contributed by atoms with Crippen LogP contribution < -0.4 is 14.4 Å². The lowest BCUT2D eigenvalue weighted by Crippen LogP contribution is -2.46. The number of aliphatic carboxylic acids is 1. The molecule has 1 aromatic rings. The van der Waals surface area contributed by atoms with Gasteiger partial charge in [-0.3, -0.25) is 4.79 Å². The fourth-order valence-corrected chi connectivity index (χ4v) is 3.55. The molecule has 2 rings (SSSR count). The molecule has 0 radical (unpaired) electrons. The molecule has 32 heavy (non-hydrogen) atoms. The molecule has 14 heteroatoms. The molecule has 0 unspecified atom stereocenters. The van der Waals surface area contributed by atoms with Crippen LogP contribution in [0.5, 0.6) is 0 Å². The third kappa shape index (κ3) is 7.87. The van der Waals surface area contributed by atoms with E-state index in [0.717, 1.165) is 0 Å². The Kier molecular flexibility index (Phi) is 8.48. The van der Waals surface area contributed by atoms with Gasteiger partial charge in [-0.2, -0.15) is 4.57 Å². The standard InChI is InChI=1S/C18H27N2O11P/c1-20(2,3)9-12(7-14(21)22)30-18(25)11-5-4-6-19(8-11)17-16(24)15(23)13(31-17)10-29-32(26,27)28/h4-6,8,12-13,15-17,23-24H,7,9-10H2,1-3H3,(H-2,21,22,26,27,28)/t12-,13-,15-,16-,17-/m1/s1. The monoisotopic (exact) mass is 478 g/mol. The molecule has 2 heterocycles. The SMILES string of the molecule is C[N+](C)(C)C[C@@H](CC(=O)O)OC(=O)c1ccc[n+]([C@@H]2O[C@H](COP(=O)([O-])[O-])[C@@H](O)[C@H]2O)c1. The normalized spacial score (nSPS) is 24.8. The number of pyridine rings is 1. The lowest BCUT2D eigenvalue weighted by atomic mass is 10.1. The number of quaternary nitrogens is 1. The predicted octanol–water partition coefficient (Wildman–Crippen LogP) is -2.86. The summed E-state index contributed by atoms with van der Waals surface area (Å²) in [5, 5.41) is 29.4. The van der Waals surface area contributed by atoms with Crippen molar-refractivity contribution in [2.24, 2.45) is 0 Å². The lowest BCUT2D eigenvalue weighted by molar-refractivity contribution is -0.873. The first kappa shape index (κ1) is 26.3. The highest BCUT2D eigenvalue weighted by atomic mass is 31.2. The first-order valence-electron chi connectivity index (χ1n) is 9.58. The number of hydrogen-bond acceptors (Lipinski definition) is 10. The fraction of sp³-hybridized carbons (Fsp3) is 0.611. The van der Waals surface area contributed by atoms with Gasteiger partial charge >= 0.3 is 11.9 Å². The van der Waals surface area contributed by atoms with Crippen molar-refractivity contribution in [3.63, 3.8) is 0 Å². The highest BCUT2D eigenvalue weighted by Gasteiger charge is 2.48. The number of aliphatic hydroxyl groups is 2. The van der Waals surface area contributed by atoms with Gasteiger partial charge in [-0.15, -0.1) is 0 Å².